The molecule has 3 N–H and O–H groups in total. The Balaban J connectivity index is 1.71. The Morgan fingerprint density at radius 1 is 1.46 bits per heavy atom. The summed E-state index contributed by atoms with van der Waals surface area (Å²) < 4.78 is 0.996. The van der Waals surface area contributed by atoms with E-state index in [4.69, 9.17) is 5.73 Å². The topological polar surface area (TPSA) is 91.6 Å². The number of aromatic amines is 1. The summed E-state index contributed by atoms with van der Waals surface area (Å²) in [4.78, 5) is 32.6. The summed E-state index contributed by atoms with van der Waals surface area (Å²) in [6.45, 7) is 3.66. The summed E-state index contributed by atoms with van der Waals surface area (Å²) in [5.41, 5.74) is 8.02. The van der Waals surface area contributed by atoms with E-state index in [1.54, 1.807) is 4.90 Å². The summed E-state index contributed by atoms with van der Waals surface area (Å²) in [7, 11) is 0. The first-order valence-corrected chi connectivity index (χ1v) is 8.60. The Bertz CT molecular complexity index is 801. The number of halogens is 1. The van der Waals surface area contributed by atoms with Crippen LogP contribution in [0.4, 0.5) is 0 Å². The van der Waals surface area contributed by atoms with Crippen LogP contribution < -0.4 is 5.73 Å². The first-order chi connectivity index (χ1) is 11.5. The highest BCUT2D eigenvalue weighted by Crippen LogP contribution is 2.25. The number of aliphatic imine (C=N–C) groups is 1. The largest absolute Gasteiger partial charge is 0.361 e. The number of H-pyrrole nitrogens is 1. The van der Waals surface area contributed by atoms with E-state index in [1.807, 2.05) is 24.4 Å². The van der Waals surface area contributed by atoms with Crippen LogP contribution >= 0.6 is 15.9 Å². The number of aromatic nitrogens is 1. The minimum atomic E-state index is -0.567. The van der Waals surface area contributed by atoms with Crippen LogP contribution in [0.25, 0.3) is 10.9 Å². The molecular formula is C17H19BrN4O2. The van der Waals surface area contributed by atoms with Crippen LogP contribution in [0.15, 0.2) is 33.9 Å². The van der Waals surface area contributed by atoms with E-state index >= 15 is 0 Å². The van der Waals surface area contributed by atoms with E-state index in [2.05, 4.69) is 32.6 Å². The molecule has 3 rings (SSSR count). The molecule has 1 aromatic heterocycles. The molecule has 2 aromatic rings. The Morgan fingerprint density at radius 2 is 2.25 bits per heavy atom. The summed E-state index contributed by atoms with van der Waals surface area (Å²) in [6, 6.07) is 5.24. The lowest BCUT2D eigenvalue weighted by atomic mass is 10.1. The molecule has 2 amide bonds. The highest BCUT2D eigenvalue weighted by atomic mass is 79.9. The van der Waals surface area contributed by atoms with Crippen molar-refractivity contribution in [2.75, 3.05) is 6.54 Å². The molecular weight excluding hydrogens is 372 g/mol. The third-order valence-corrected chi connectivity index (χ3v) is 4.93. The van der Waals surface area contributed by atoms with Gasteiger partial charge >= 0.3 is 0 Å². The van der Waals surface area contributed by atoms with Gasteiger partial charge in [0.15, 0.2) is 0 Å². The number of hydrogen-bond acceptors (Lipinski definition) is 3. The van der Waals surface area contributed by atoms with Gasteiger partial charge in [-0.3, -0.25) is 9.59 Å². The van der Waals surface area contributed by atoms with Crippen molar-refractivity contribution in [3.8, 4) is 0 Å². The first kappa shape index (κ1) is 16.9. The Morgan fingerprint density at radius 3 is 3.00 bits per heavy atom. The van der Waals surface area contributed by atoms with Gasteiger partial charge in [0, 0.05) is 40.6 Å². The summed E-state index contributed by atoms with van der Waals surface area (Å²) in [6.07, 6.45) is 3.30. The summed E-state index contributed by atoms with van der Waals surface area (Å²) >= 11 is 3.47. The molecule has 0 unspecified atom stereocenters. The number of fused-ring (bicyclic) bond motifs is 1. The van der Waals surface area contributed by atoms with E-state index < -0.39 is 6.04 Å². The van der Waals surface area contributed by atoms with Crippen molar-refractivity contribution in [1.82, 2.24) is 9.88 Å². The number of likely N-dealkylation sites (tertiary alicyclic amines) is 1. The normalized spacial score (nSPS) is 20.5. The van der Waals surface area contributed by atoms with Crippen LogP contribution in [0.3, 0.4) is 0 Å². The molecule has 2 atom stereocenters. The van der Waals surface area contributed by atoms with Gasteiger partial charge in [-0.1, -0.05) is 15.9 Å². The molecule has 2 heterocycles. The number of hydrogen-bond donors (Lipinski definition) is 2. The van der Waals surface area contributed by atoms with Gasteiger partial charge in [-0.2, -0.15) is 0 Å². The minimum absolute atomic E-state index is 0.0747. The van der Waals surface area contributed by atoms with E-state index in [0.29, 0.717) is 25.8 Å². The lowest BCUT2D eigenvalue weighted by Gasteiger charge is -2.21. The third kappa shape index (κ3) is 3.27. The van der Waals surface area contributed by atoms with Crippen molar-refractivity contribution in [3.63, 3.8) is 0 Å². The monoisotopic (exact) mass is 390 g/mol. The predicted octanol–water partition coefficient (Wildman–Crippen LogP) is 2.02. The Labute approximate surface area is 148 Å². The van der Waals surface area contributed by atoms with Gasteiger partial charge in [-0.15, -0.1) is 0 Å². The Kier molecular flexibility index (Phi) is 4.82. The fourth-order valence-electron chi connectivity index (χ4n) is 3.23. The summed E-state index contributed by atoms with van der Waals surface area (Å²) in [5, 5.41) is 1.09. The highest BCUT2D eigenvalue weighted by molar-refractivity contribution is 9.10. The fourth-order valence-corrected chi connectivity index (χ4v) is 3.59. The average Bonchev–Trinajstić information content (AvgIpc) is 3.15. The Hall–Kier alpha value is -1.99. The zero-order valence-electron chi connectivity index (χ0n) is 13.2. The van der Waals surface area contributed by atoms with Crippen LogP contribution in [0.5, 0.6) is 0 Å². The van der Waals surface area contributed by atoms with Gasteiger partial charge < -0.3 is 15.6 Å². The minimum Gasteiger partial charge on any atom is -0.361 e. The van der Waals surface area contributed by atoms with Crippen molar-refractivity contribution in [2.45, 2.75) is 31.3 Å². The molecule has 1 aromatic carbocycles. The molecule has 0 bridgehead atoms. The summed E-state index contributed by atoms with van der Waals surface area (Å²) in [5.74, 6) is -0.457. The molecule has 0 radical (unpaired) electrons. The number of nitrogens with zero attached hydrogens (tertiary/aromatic N) is 2. The number of benzene rings is 1. The number of nitrogens with one attached hydrogen (secondary N) is 1. The van der Waals surface area contributed by atoms with Crippen LogP contribution in [-0.4, -0.2) is 47.0 Å². The molecule has 0 spiro atoms. The van der Waals surface area contributed by atoms with Crippen LogP contribution in [0, 0.1) is 0 Å². The second kappa shape index (κ2) is 6.86. The predicted molar refractivity (Wildman–Crippen MR) is 97.0 cm³/mol. The third-order valence-electron chi connectivity index (χ3n) is 4.43. The van der Waals surface area contributed by atoms with Crippen molar-refractivity contribution in [1.29, 1.82) is 0 Å². The zero-order valence-corrected chi connectivity index (χ0v) is 14.8. The van der Waals surface area contributed by atoms with E-state index in [-0.39, 0.29) is 17.9 Å². The van der Waals surface area contributed by atoms with Crippen molar-refractivity contribution >= 4 is 45.4 Å². The molecule has 0 saturated carbocycles. The van der Waals surface area contributed by atoms with Gasteiger partial charge in [-0.05, 0) is 43.3 Å². The van der Waals surface area contributed by atoms with Gasteiger partial charge in [-0.25, -0.2) is 4.99 Å². The lowest BCUT2D eigenvalue weighted by Crippen LogP contribution is -2.40. The van der Waals surface area contributed by atoms with Gasteiger partial charge in [0.1, 0.15) is 6.04 Å². The smallest absolute Gasteiger partial charge is 0.267 e. The standard InChI is InChI=1S/C17H19BrN4O2/c1-20-17(24)15-7-12(19)9-22(15)16(23)5-2-10-8-21-14-4-3-11(18)6-13(10)14/h3-4,6,8,12,15,21H,1-2,5,7,9,19H2/t12-,15+/m1/s1. The maximum absolute atomic E-state index is 12.6. The van der Waals surface area contributed by atoms with Crippen molar-refractivity contribution < 1.29 is 9.59 Å². The number of aryl methyl sites for hydroxylation is 1. The maximum Gasteiger partial charge on any atom is 0.267 e. The van der Waals surface area contributed by atoms with Crippen molar-refractivity contribution in [2.24, 2.45) is 10.7 Å². The highest BCUT2D eigenvalue weighted by Gasteiger charge is 2.37. The number of rotatable bonds is 4. The molecule has 1 aliphatic heterocycles. The van der Waals surface area contributed by atoms with Crippen LogP contribution in [-0.2, 0) is 16.0 Å². The molecule has 1 saturated heterocycles. The first-order valence-electron chi connectivity index (χ1n) is 7.80. The fraction of sp³-hybridized carbons (Fsp3) is 0.353. The van der Waals surface area contributed by atoms with Gasteiger partial charge in [0.05, 0.1) is 0 Å². The lowest BCUT2D eigenvalue weighted by molar-refractivity contribution is -0.137. The molecule has 126 valence electrons. The van der Waals surface area contributed by atoms with Crippen LogP contribution in [0.1, 0.15) is 18.4 Å². The quantitative estimate of drug-likeness (QED) is 0.782. The van der Waals surface area contributed by atoms with Crippen LogP contribution in [0.2, 0.25) is 0 Å². The number of carbonyl (C=O) groups excluding carboxylic acids is 2. The molecule has 0 aliphatic carbocycles. The van der Waals surface area contributed by atoms with E-state index in [1.165, 1.54) is 0 Å². The average molecular weight is 391 g/mol. The van der Waals surface area contributed by atoms with Crippen molar-refractivity contribution in [3.05, 3.63) is 34.4 Å². The number of nitrogens with two attached hydrogens (primary N) is 1. The second-order valence-electron chi connectivity index (χ2n) is 6.06. The van der Waals surface area contributed by atoms with Gasteiger partial charge in [0.25, 0.3) is 5.91 Å². The van der Waals surface area contributed by atoms with E-state index in [9.17, 15) is 9.59 Å². The number of amides is 2. The van der Waals surface area contributed by atoms with Gasteiger partial charge in [0.2, 0.25) is 5.91 Å². The SMILES string of the molecule is C=NC(=O)[C@@H]1C[C@@H](N)CN1C(=O)CCc1c[nH]c2ccc(Br)cc12. The maximum atomic E-state index is 12.6. The van der Waals surface area contributed by atoms with E-state index in [0.717, 1.165) is 20.9 Å². The molecule has 1 aliphatic rings. The zero-order chi connectivity index (χ0) is 17.3. The second-order valence-corrected chi connectivity index (χ2v) is 6.97. The molecule has 7 heteroatoms. The molecule has 6 nitrogen and oxygen atoms in total. The molecule has 24 heavy (non-hydrogen) atoms. The number of carbonyl (C=O) groups is 2. The molecule has 1 fully saturated rings.